The van der Waals surface area contributed by atoms with Crippen LogP contribution in [0.4, 0.5) is 15.9 Å². The number of halogens is 1. The molecule has 0 saturated heterocycles. The van der Waals surface area contributed by atoms with Gasteiger partial charge in [0.15, 0.2) is 5.82 Å². The number of nitrogens with zero attached hydrogens (tertiary/aromatic N) is 3. The number of anilines is 2. The first-order valence-corrected chi connectivity index (χ1v) is 7.91. The second kappa shape index (κ2) is 6.28. The fourth-order valence-electron chi connectivity index (χ4n) is 2.79. The first kappa shape index (κ1) is 15.2. The number of aromatic nitrogens is 3. The predicted molar refractivity (Wildman–Crippen MR) is 97.2 cm³/mol. The van der Waals surface area contributed by atoms with Crippen LogP contribution in [0, 0.1) is 12.7 Å². The first-order valence-electron chi connectivity index (χ1n) is 7.91. The molecular formula is C20H15FN4. The van der Waals surface area contributed by atoms with E-state index < -0.39 is 0 Å². The lowest BCUT2D eigenvalue weighted by molar-refractivity contribution is 0.628. The van der Waals surface area contributed by atoms with Crippen LogP contribution >= 0.6 is 0 Å². The van der Waals surface area contributed by atoms with E-state index in [-0.39, 0.29) is 5.82 Å². The molecular weight excluding hydrogens is 315 g/mol. The number of nitrogens with one attached hydrogen (secondary N) is 1. The molecule has 0 fully saturated rings. The van der Waals surface area contributed by atoms with E-state index in [2.05, 4.69) is 26.6 Å². The van der Waals surface area contributed by atoms with Crippen molar-refractivity contribution in [2.45, 2.75) is 6.92 Å². The van der Waals surface area contributed by atoms with E-state index in [1.165, 1.54) is 12.1 Å². The van der Waals surface area contributed by atoms with Crippen LogP contribution in [0.3, 0.4) is 0 Å². The third-order valence-corrected chi connectivity index (χ3v) is 4.05. The van der Waals surface area contributed by atoms with Gasteiger partial charge < -0.3 is 5.32 Å². The molecule has 5 heteroatoms. The van der Waals surface area contributed by atoms with Gasteiger partial charge in [-0.25, -0.2) is 4.39 Å². The summed E-state index contributed by atoms with van der Waals surface area (Å²) in [6, 6.07) is 16.2. The molecule has 2 aromatic heterocycles. The lowest BCUT2D eigenvalue weighted by atomic mass is 10.0. The Hall–Kier alpha value is -3.34. The highest BCUT2D eigenvalue weighted by Gasteiger charge is 2.08. The van der Waals surface area contributed by atoms with Gasteiger partial charge in [0.05, 0.1) is 11.9 Å². The molecule has 0 radical (unpaired) electrons. The summed E-state index contributed by atoms with van der Waals surface area (Å²) >= 11 is 0. The quantitative estimate of drug-likeness (QED) is 0.581. The fourth-order valence-corrected chi connectivity index (χ4v) is 2.79. The van der Waals surface area contributed by atoms with Crippen molar-refractivity contribution < 1.29 is 4.39 Å². The molecule has 4 rings (SSSR count). The monoisotopic (exact) mass is 330 g/mol. The Kier molecular flexibility index (Phi) is 3.82. The van der Waals surface area contributed by atoms with Gasteiger partial charge in [-0.15, -0.1) is 5.10 Å². The normalized spacial score (nSPS) is 10.8. The summed E-state index contributed by atoms with van der Waals surface area (Å²) in [7, 11) is 0. The highest BCUT2D eigenvalue weighted by Crippen LogP contribution is 2.28. The van der Waals surface area contributed by atoms with Gasteiger partial charge in [0.25, 0.3) is 0 Å². The van der Waals surface area contributed by atoms with E-state index in [0.717, 1.165) is 33.3 Å². The van der Waals surface area contributed by atoms with Crippen LogP contribution in [-0.2, 0) is 0 Å². The van der Waals surface area contributed by atoms with Gasteiger partial charge in [0, 0.05) is 28.2 Å². The SMILES string of the molecule is Cc1cccnc1-c1ccc2c(Nc3ccc(F)cc3)nncc2c1. The molecule has 0 atom stereocenters. The van der Waals surface area contributed by atoms with Crippen LogP contribution in [-0.4, -0.2) is 15.2 Å². The first-order chi connectivity index (χ1) is 12.2. The molecule has 2 heterocycles. The Bertz CT molecular complexity index is 1040. The van der Waals surface area contributed by atoms with Crippen molar-refractivity contribution >= 4 is 22.3 Å². The van der Waals surface area contributed by atoms with Crippen molar-refractivity contribution in [1.29, 1.82) is 0 Å². The second-order valence-corrected chi connectivity index (χ2v) is 5.80. The molecule has 2 aromatic carbocycles. The minimum absolute atomic E-state index is 0.273. The molecule has 0 aliphatic carbocycles. The summed E-state index contributed by atoms with van der Waals surface area (Å²) in [5.74, 6) is 0.360. The third kappa shape index (κ3) is 3.04. The van der Waals surface area contributed by atoms with E-state index in [9.17, 15) is 4.39 Å². The van der Waals surface area contributed by atoms with E-state index in [0.29, 0.717) is 5.82 Å². The number of pyridine rings is 1. The van der Waals surface area contributed by atoms with E-state index in [1.54, 1.807) is 24.5 Å². The second-order valence-electron chi connectivity index (χ2n) is 5.80. The molecule has 0 aliphatic heterocycles. The van der Waals surface area contributed by atoms with Crippen LogP contribution in [0.2, 0.25) is 0 Å². The fraction of sp³-hybridized carbons (Fsp3) is 0.0500. The third-order valence-electron chi connectivity index (χ3n) is 4.05. The van der Waals surface area contributed by atoms with Gasteiger partial charge in [-0.1, -0.05) is 12.1 Å². The molecule has 0 bridgehead atoms. The summed E-state index contributed by atoms with van der Waals surface area (Å²) in [4.78, 5) is 4.47. The number of benzene rings is 2. The number of hydrogen-bond donors (Lipinski definition) is 1. The molecule has 4 aromatic rings. The molecule has 0 spiro atoms. The summed E-state index contributed by atoms with van der Waals surface area (Å²) in [5.41, 5.74) is 3.86. The highest BCUT2D eigenvalue weighted by molar-refractivity contribution is 5.95. The molecule has 0 saturated carbocycles. The van der Waals surface area contributed by atoms with Crippen LogP contribution in [0.5, 0.6) is 0 Å². The molecule has 122 valence electrons. The molecule has 4 nitrogen and oxygen atoms in total. The van der Waals surface area contributed by atoms with E-state index >= 15 is 0 Å². The van der Waals surface area contributed by atoms with Gasteiger partial charge in [0.2, 0.25) is 0 Å². The van der Waals surface area contributed by atoms with Crippen molar-refractivity contribution in [3.05, 3.63) is 78.4 Å². The van der Waals surface area contributed by atoms with E-state index in [1.807, 2.05) is 31.2 Å². The maximum Gasteiger partial charge on any atom is 0.160 e. The minimum Gasteiger partial charge on any atom is -0.338 e. The van der Waals surface area contributed by atoms with Crippen LogP contribution < -0.4 is 5.32 Å². The molecule has 0 amide bonds. The Morgan fingerprint density at radius 1 is 1.00 bits per heavy atom. The molecule has 25 heavy (non-hydrogen) atoms. The number of aryl methyl sites for hydroxylation is 1. The Morgan fingerprint density at radius 2 is 1.84 bits per heavy atom. The van der Waals surface area contributed by atoms with Gasteiger partial charge >= 0.3 is 0 Å². The number of hydrogen-bond acceptors (Lipinski definition) is 4. The highest BCUT2D eigenvalue weighted by atomic mass is 19.1. The summed E-state index contributed by atoms with van der Waals surface area (Å²) < 4.78 is 13.1. The van der Waals surface area contributed by atoms with Crippen molar-refractivity contribution in [3.63, 3.8) is 0 Å². The minimum atomic E-state index is -0.273. The lowest BCUT2D eigenvalue weighted by Gasteiger charge is -2.10. The predicted octanol–water partition coefficient (Wildman–Crippen LogP) is 4.88. The maximum absolute atomic E-state index is 13.1. The zero-order valence-corrected chi connectivity index (χ0v) is 13.6. The van der Waals surface area contributed by atoms with Gasteiger partial charge in [-0.3, -0.25) is 4.98 Å². The summed E-state index contributed by atoms with van der Waals surface area (Å²) in [6.45, 7) is 2.04. The molecule has 0 unspecified atom stereocenters. The topological polar surface area (TPSA) is 50.7 Å². The average molecular weight is 330 g/mol. The van der Waals surface area contributed by atoms with Gasteiger partial charge in [0.1, 0.15) is 5.82 Å². The summed E-state index contributed by atoms with van der Waals surface area (Å²) in [5, 5.41) is 13.3. The largest absolute Gasteiger partial charge is 0.338 e. The van der Waals surface area contributed by atoms with Crippen molar-refractivity contribution in [2.24, 2.45) is 0 Å². The number of rotatable bonds is 3. The van der Waals surface area contributed by atoms with Crippen LogP contribution in [0.1, 0.15) is 5.56 Å². The Morgan fingerprint density at radius 3 is 2.64 bits per heavy atom. The zero-order valence-electron chi connectivity index (χ0n) is 13.6. The van der Waals surface area contributed by atoms with Gasteiger partial charge in [-0.2, -0.15) is 5.10 Å². The molecule has 0 aliphatic rings. The smallest absolute Gasteiger partial charge is 0.160 e. The Balaban J connectivity index is 1.75. The average Bonchev–Trinajstić information content (AvgIpc) is 2.64. The lowest BCUT2D eigenvalue weighted by Crippen LogP contribution is -1.97. The Labute approximate surface area is 144 Å². The van der Waals surface area contributed by atoms with Crippen molar-refractivity contribution in [1.82, 2.24) is 15.2 Å². The molecule has 1 N–H and O–H groups in total. The summed E-state index contributed by atoms with van der Waals surface area (Å²) in [6.07, 6.45) is 3.52. The number of fused-ring (bicyclic) bond motifs is 1. The van der Waals surface area contributed by atoms with Crippen LogP contribution in [0.25, 0.3) is 22.0 Å². The zero-order chi connectivity index (χ0) is 17.2. The van der Waals surface area contributed by atoms with Crippen LogP contribution in [0.15, 0.2) is 67.0 Å². The van der Waals surface area contributed by atoms with Crippen molar-refractivity contribution in [2.75, 3.05) is 5.32 Å². The standard InChI is InChI=1S/C20H15FN4/c1-13-3-2-10-22-19(13)14-4-9-18-15(11-14)12-23-25-20(18)24-17-7-5-16(21)6-8-17/h2-12H,1H3,(H,24,25). The maximum atomic E-state index is 13.1. The van der Waals surface area contributed by atoms with E-state index in [4.69, 9.17) is 0 Å². The van der Waals surface area contributed by atoms with Crippen molar-refractivity contribution in [3.8, 4) is 11.3 Å². The van der Waals surface area contributed by atoms with Gasteiger partial charge in [-0.05, 0) is 55.0 Å².